The Morgan fingerprint density at radius 3 is 0.190 bits per heavy atom. The van der Waals surface area contributed by atoms with Crippen LogP contribution in [0.1, 0.15) is 0 Å². The average Bonchev–Trinajstić information content (AvgIpc) is 1.91. The van der Waals surface area contributed by atoms with Crippen molar-refractivity contribution in [3.63, 3.8) is 0 Å². The van der Waals surface area contributed by atoms with Crippen molar-refractivity contribution >= 4 is 1260 Å². The van der Waals surface area contributed by atoms with Gasteiger partial charge >= 0.3 is 229 Å². The third kappa shape index (κ3) is 276. The molecular formula is Sb20Sr22. The second-order valence-electron chi connectivity index (χ2n) is 1.41. The van der Waals surface area contributed by atoms with Gasteiger partial charge in [0.15, 0.2) is 0 Å². The minimum atomic E-state index is 0. The molecule has 90 radical (unpaired) electrons. The van der Waals surface area contributed by atoms with Gasteiger partial charge in [0.05, 0.1) is 0 Å². The molecule has 0 bridgehead atoms. The van der Waals surface area contributed by atoms with Crippen molar-refractivity contribution < 1.29 is 0 Å². The van der Waals surface area contributed by atoms with Gasteiger partial charge in [-0.3, -0.25) is 0 Å². The molecule has 0 unspecified atom stereocenters. The molecule has 0 atom stereocenters. The molecule has 0 saturated carbocycles. The van der Waals surface area contributed by atoms with E-state index in [9.17, 15) is 0 Å². The van der Waals surface area contributed by atoms with E-state index in [4.69, 9.17) is 0 Å². The molecule has 0 N–H and O–H groups in total. The van der Waals surface area contributed by atoms with Gasteiger partial charge in [0.1, 0.15) is 0 Å². The Kier molecular flexibility index (Phi) is 1420. The Morgan fingerprint density at radius 1 is 0.167 bits per heavy atom. The monoisotopic (exact) mass is 4350 g/mol. The summed E-state index contributed by atoms with van der Waals surface area (Å²) in [5.74, 6) is 0. The topological polar surface area (TPSA) is 0 Å². The van der Waals surface area contributed by atoms with Crippen LogP contribution in [0.4, 0.5) is 0 Å². The van der Waals surface area contributed by atoms with Gasteiger partial charge in [-0.1, -0.05) is 0 Å². The molecule has 42 heavy (non-hydrogen) atoms. The predicted molar refractivity (Wildman–Crippen MR) is 242 cm³/mol. The summed E-state index contributed by atoms with van der Waals surface area (Å²) in [5.41, 5.74) is 0. The molecule has 0 spiro atoms. The van der Waals surface area contributed by atoms with Gasteiger partial charge in [0, 0.05) is 1030 Å². The van der Waals surface area contributed by atoms with Crippen molar-refractivity contribution in [3.8, 4) is 0 Å². The van der Waals surface area contributed by atoms with Gasteiger partial charge in [-0.2, -0.15) is 0 Å². The molecule has 0 aromatic heterocycles. The van der Waals surface area contributed by atoms with Crippen LogP contribution in [-0.4, -0.2) is 1260 Å². The van der Waals surface area contributed by atoms with E-state index in [-0.39, 0.29) is 1030 Å². The molecule has 0 heterocycles. The van der Waals surface area contributed by atoms with Gasteiger partial charge in [0.25, 0.3) is 0 Å². The van der Waals surface area contributed by atoms with Crippen LogP contribution in [0.15, 0.2) is 0 Å². The molecule has 0 saturated heterocycles. The maximum atomic E-state index is 1.56. The quantitative estimate of drug-likeness (QED) is 0.230. The fourth-order valence-corrected chi connectivity index (χ4v) is 0. The Bertz CT molecular complexity index is 53.9. The first-order valence-electron chi connectivity index (χ1n) is 3.50. The van der Waals surface area contributed by atoms with Crippen molar-refractivity contribution in [2.75, 3.05) is 0 Å². The molecule has 0 aromatic carbocycles. The summed E-state index contributed by atoms with van der Waals surface area (Å²) in [6.45, 7) is 0. The zero-order valence-corrected chi connectivity index (χ0v) is 152. The van der Waals surface area contributed by atoms with Crippen molar-refractivity contribution in [2.45, 2.75) is 0 Å². The maximum absolute atomic E-state index is 1.56. The summed E-state index contributed by atoms with van der Waals surface area (Å²) >= 11 is 10.6. The van der Waals surface area contributed by atoms with E-state index in [1.165, 1.54) is 117 Å². The van der Waals surface area contributed by atoms with Crippen LogP contribution in [0.25, 0.3) is 0 Å². The molecule has 0 amide bonds. The molecular weight excluding hydrogens is 4360 g/mol. The van der Waals surface area contributed by atoms with Crippen LogP contribution < -0.4 is 0 Å². The molecule has 0 aliphatic heterocycles. The van der Waals surface area contributed by atoms with Crippen LogP contribution in [0.3, 0.4) is 0 Å². The Morgan fingerprint density at radius 2 is 0.190 bits per heavy atom. The third-order valence-electron chi connectivity index (χ3n) is 0.250. The van der Waals surface area contributed by atoms with E-state index in [0.717, 1.165) is 0 Å². The standard InChI is InChI=1S/20Sb.22Sr. The van der Waals surface area contributed by atoms with Crippen LogP contribution >= 0.6 is 0 Å². The van der Waals surface area contributed by atoms with E-state index in [1.807, 2.05) is 0 Å². The molecule has 0 nitrogen and oxygen atoms in total. The third-order valence-corrected chi connectivity index (χ3v) is 306. The summed E-state index contributed by atoms with van der Waals surface area (Å²) in [7, 11) is 0. The Balaban J connectivity index is -0.000000000385. The van der Waals surface area contributed by atoms with Crippen LogP contribution in [0.2, 0.25) is 0 Å². The van der Waals surface area contributed by atoms with Gasteiger partial charge in [-0.05, 0) is 0 Å². The number of hydrogen-bond donors (Lipinski definition) is 0. The Labute approximate surface area is 1200 Å². The van der Waals surface area contributed by atoms with Crippen molar-refractivity contribution in [1.82, 2.24) is 0 Å². The fourth-order valence-electron chi connectivity index (χ4n) is 0. The van der Waals surface area contributed by atoms with Crippen LogP contribution in [0, 0.1) is 0 Å². The predicted octanol–water partition coefficient (Wildman–Crippen LogP) is -16.0. The summed E-state index contributed by atoms with van der Waals surface area (Å²) < 4.78 is 0. The first-order valence-corrected chi connectivity index (χ1v) is 122. The molecule has 144 valence electrons. The van der Waals surface area contributed by atoms with Gasteiger partial charge in [-0.15, -0.1) is 0 Å². The SMILES string of the molecule is [Sb].[Sb].[Sb].[Sb].[Sb].[Sb].[Sb].[Sb].[Sb].[Sb].[Sb].[Sb].[Sb].[Sb].[Sb].[Sb].[Sb].[Sb].[Sb].[Sb].[Sr].[Sr].[Sr].[Sr].[Sr].[Sr].[Sr].[Sr].[Sr].[Sr].[Sr].[Sr].[Sr][Sr][Sr].[Sr][Sr][Sr].[Sr][Sr][Sr][Sr]. The summed E-state index contributed by atoms with van der Waals surface area (Å²) in [4.78, 5) is 0. The van der Waals surface area contributed by atoms with Crippen molar-refractivity contribution in [1.29, 1.82) is 0 Å². The summed E-state index contributed by atoms with van der Waals surface area (Å²) in [6.07, 6.45) is 0. The van der Waals surface area contributed by atoms with E-state index in [2.05, 4.69) is 0 Å². The second kappa shape index (κ2) is 254. The first kappa shape index (κ1) is 235. The second-order valence-corrected chi connectivity index (χ2v) is 293. The van der Waals surface area contributed by atoms with Gasteiger partial charge in [0.2, 0.25) is 0 Å². The molecule has 42 heteroatoms. The number of hydrogen-bond acceptors (Lipinski definition) is 0. The summed E-state index contributed by atoms with van der Waals surface area (Å²) in [6, 6.07) is 0. The molecule has 0 fully saturated rings. The van der Waals surface area contributed by atoms with E-state index >= 15 is 0 Å². The Hall–Kier alpha value is 48.9. The van der Waals surface area contributed by atoms with Gasteiger partial charge in [-0.25, -0.2) is 0 Å². The van der Waals surface area contributed by atoms with Crippen LogP contribution in [-0.2, 0) is 0 Å². The molecule has 0 aliphatic rings. The zero-order valence-electron chi connectivity index (χ0n) is 24.5. The first-order chi connectivity index (χ1) is 4.74. The van der Waals surface area contributed by atoms with E-state index in [0.29, 0.717) is 52.6 Å². The normalized spacial score (nSPS) is 0.524. The van der Waals surface area contributed by atoms with Crippen molar-refractivity contribution in [2.24, 2.45) is 0 Å². The molecule has 0 aromatic rings. The average molecular weight is 4360 g/mol. The van der Waals surface area contributed by atoms with Gasteiger partial charge < -0.3 is 0 Å². The minimum absolute atomic E-state index is 0. The van der Waals surface area contributed by atoms with Crippen LogP contribution in [0.5, 0.6) is 0 Å². The summed E-state index contributed by atoms with van der Waals surface area (Å²) in [5, 5.41) is 0. The van der Waals surface area contributed by atoms with Crippen molar-refractivity contribution in [3.05, 3.63) is 0 Å². The number of rotatable bonds is 1. The van der Waals surface area contributed by atoms with E-state index in [1.54, 1.807) is 58.6 Å². The molecule has 0 rings (SSSR count). The molecule has 0 aliphatic carbocycles. The van der Waals surface area contributed by atoms with E-state index < -0.39 is 0 Å². The zero-order chi connectivity index (χ0) is 8.83. The fraction of sp³-hybridized carbons (Fsp3) is 0.